The van der Waals surface area contributed by atoms with E-state index in [0.717, 1.165) is 11.3 Å². The number of aliphatic hydroxyl groups is 1. The fraction of sp³-hybridized carbons (Fsp3) is 0.562. The van der Waals surface area contributed by atoms with Gasteiger partial charge in [0.15, 0.2) is 0 Å². The quantitative estimate of drug-likeness (QED) is 0.760. The molecule has 3 N–H and O–H groups in total. The summed E-state index contributed by atoms with van der Waals surface area (Å²) in [6.07, 6.45) is 0.0600. The molecule has 22 heavy (non-hydrogen) atoms. The molecule has 0 aliphatic carbocycles. The van der Waals surface area contributed by atoms with Gasteiger partial charge in [-0.25, -0.2) is 0 Å². The van der Waals surface area contributed by atoms with Gasteiger partial charge < -0.3 is 20.5 Å². The second kappa shape index (κ2) is 7.81. The lowest BCUT2D eigenvalue weighted by Gasteiger charge is -2.26. The molecule has 1 amide bonds. The molecule has 1 fully saturated rings. The molecule has 0 saturated carbocycles. The zero-order valence-electron chi connectivity index (χ0n) is 13.3. The highest BCUT2D eigenvalue weighted by atomic mass is 35.5. The fourth-order valence-corrected chi connectivity index (χ4v) is 2.49. The first-order valence-corrected chi connectivity index (χ1v) is 7.26. The SMILES string of the molecule is COc1ccc(C(C)(C)CNC(=O)C2CC(O)CN2)cc1.Cl. The van der Waals surface area contributed by atoms with Gasteiger partial charge in [-0.2, -0.15) is 0 Å². The van der Waals surface area contributed by atoms with E-state index in [-0.39, 0.29) is 29.8 Å². The van der Waals surface area contributed by atoms with E-state index >= 15 is 0 Å². The smallest absolute Gasteiger partial charge is 0.237 e. The van der Waals surface area contributed by atoms with Gasteiger partial charge in [-0.05, 0) is 24.1 Å². The summed E-state index contributed by atoms with van der Waals surface area (Å²) in [6, 6.07) is 7.60. The number of nitrogens with one attached hydrogen (secondary N) is 2. The third kappa shape index (κ3) is 4.60. The fourth-order valence-electron chi connectivity index (χ4n) is 2.49. The topological polar surface area (TPSA) is 70.6 Å². The lowest BCUT2D eigenvalue weighted by Crippen LogP contribution is -2.45. The zero-order chi connectivity index (χ0) is 15.5. The number of carbonyl (C=O) groups is 1. The van der Waals surface area contributed by atoms with Crippen LogP contribution >= 0.6 is 12.4 Å². The van der Waals surface area contributed by atoms with Gasteiger partial charge in [0.25, 0.3) is 0 Å². The minimum absolute atomic E-state index is 0. The predicted molar refractivity (Wildman–Crippen MR) is 88.7 cm³/mol. The van der Waals surface area contributed by atoms with Gasteiger partial charge in [0.05, 0.1) is 19.3 Å². The summed E-state index contributed by atoms with van der Waals surface area (Å²) in [6.45, 7) is 5.21. The molecular formula is C16H25ClN2O3. The van der Waals surface area contributed by atoms with E-state index in [1.807, 2.05) is 24.3 Å². The van der Waals surface area contributed by atoms with E-state index < -0.39 is 6.10 Å². The van der Waals surface area contributed by atoms with Crippen LogP contribution in [-0.2, 0) is 10.2 Å². The maximum Gasteiger partial charge on any atom is 0.237 e. The third-order valence-corrected chi connectivity index (χ3v) is 4.00. The molecule has 1 heterocycles. The number of β-amino-alcohol motifs (C(OH)–C–C–N with tert-alkyl or cyclic N) is 1. The number of rotatable bonds is 5. The summed E-state index contributed by atoms with van der Waals surface area (Å²) in [5.74, 6) is 0.774. The van der Waals surface area contributed by atoms with Gasteiger partial charge in [-0.3, -0.25) is 4.79 Å². The van der Waals surface area contributed by atoms with Crippen molar-refractivity contribution in [2.45, 2.75) is 37.8 Å². The monoisotopic (exact) mass is 328 g/mol. The van der Waals surface area contributed by atoms with Gasteiger partial charge in [-0.1, -0.05) is 26.0 Å². The van der Waals surface area contributed by atoms with Crippen LogP contribution in [0.4, 0.5) is 0 Å². The molecule has 0 bridgehead atoms. The molecule has 2 rings (SSSR count). The highest BCUT2D eigenvalue weighted by Crippen LogP contribution is 2.24. The Bertz CT molecular complexity index is 491. The molecule has 2 atom stereocenters. The summed E-state index contributed by atoms with van der Waals surface area (Å²) in [5.41, 5.74) is 0.974. The Morgan fingerprint density at radius 2 is 2.05 bits per heavy atom. The highest BCUT2D eigenvalue weighted by molar-refractivity contribution is 5.85. The molecule has 0 aromatic heterocycles. The second-order valence-electron chi connectivity index (χ2n) is 6.18. The standard InChI is InChI=1S/C16H24N2O3.ClH/c1-16(2,11-4-6-13(21-3)7-5-11)10-18-15(20)14-8-12(19)9-17-14;/h4-7,12,14,17,19H,8-10H2,1-3H3,(H,18,20);1H. The van der Waals surface area contributed by atoms with Gasteiger partial charge in [-0.15, -0.1) is 12.4 Å². The van der Waals surface area contributed by atoms with Crippen LogP contribution in [0.3, 0.4) is 0 Å². The van der Waals surface area contributed by atoms with E-state index in [9.17, 15) is 9.90 Å². The Kier molecular flexibility index (Phi) is 6.66. The van der Waals surface area contributed by atoms with Crippen molar-refractivity contribution in [1.29, 1.82) is 0 Å². The molecule has 2 unspecified atom stereocenters. The minimum atomic E-state index is -0.421. The third-order valence-electron chi connectivity index (χ3n) is 4.00. The van der Waals surface area contributed by atoms with E-state index in [2.05, 4.69) is 24.5 Å². The summed E-state index contributed by atoms with van der Waals surface area (Å²) < 4.78 is 5.16. The van der Waals surface area contributed by atoms with Crippen LogP contribution in [0.5, 0.6) is 5.75 Å². The highest BCUT2D eigenvalue weighted by Gasteiger charge is 2.29. The number of carbonyl (C=O) groups excluding carboxylic acids is 1. The lowest BCUT2D eigenvalue weighted by atomic mass is 9.84. The number of amides is 1. The average molecular weight is 329 g/mol. The first kappa shape index (κ1) is 18.7. The van der Waals surface area contributed by atoms with Crippen LogP contribution in [0.15, 0.2) is 24.3 Å². The van der Waals surface area contributed by atoms with Crippen LogP contribution in [0.25, 0.3) is 0 Å². The van der Waals surface area contributed by atoms with E-state index in [4.69, 9.17) is 4.74 Å². The molecular weight excluding hydrogens is 304 g/mol. The molecule has 1 saturated heterocycles. The Morgan fingerprint density at radius 3 is 2.55 bits per heavy atom. The molecule has 5 nitrogen and oxygen atoms in total. The van der Waals surface area contributed by atoms with Crippen LogP contribution in [0.1, 0.15) is 25.8 Å². The van der Waals surface area contributed by atoms with Gasteiger partial charge in [0, 0.05) is 18.5 Å². The van der Waals surface area contributed by atoms with Crippen LogP contribution in [0, 0.1) is 0 Å². The first-order valence-electron chi connectivity index (χ1n) is 7.26. The normalized spacial score (nSPS) is 21.1. The largest absolute Gasteiger partial charge is 0.497 e. The van der Waals surface area contributed by atoms with Gasteiger partial charge in [0.1, 0.15) is 5.75 Å². The van der Waals surface area contributed by atoms with Crippen LogP contribution in [-0.4, -0.2) is 43.4 Å². The van der Waals surface area contributed by atoms with Crippen molar-refractivity contribution in [1.82, 2.24) is 10.6 Å². The zero-order valence-corrected chi connectivity index (χ0v) is 14.1. The molecule has 6 heteroatoms. The van der Waals surface area contributed by atoms with Crippen molar-refractivity contribution in [3.8, 4) is 5.75 Å². The first-order chi connectivity index (χ1) is 9.92. The summed E-state index contributed by atoms with van der Waals surface area (Å²) in [7, 11) is 1.64. The van der Waals surface area contributed by atoms with E-state index in [1.54, 1.807) is 7.11 Å². The number of aliphatic hydroxyl groups excluding tert-OH is 1. The number of halogens is 1. The van der Waals surface area contributed by atoms with Crippen molar-refractivity contribution in [2.75, 3.05) is 20.2 Å². The van der Waals surface area contributed by atoms with Gasteiger partial charge in [0.2, 0.25) is 5.91 Å². The molecule has 1 aliphatic rings. The molecule has 1 aromatic carbocycles. The van der Waals surface area contributed by atoms with E-state index in [0.29, 0.717) is 19.5 Å². The number of ether oxygens (including phenoxy) is 1. The molecule has 1 aliphatic heterocycles. The average Bonchev–Trinajstić information content (AvgIpc) is 2.91. The number of hydrogen-bond donors (Lipinski definition) is 3. The molecule has 1 aromatic rings. The Hall–Kier alpha value is -1.30. The molecule has 0 spiro atoms. The number of methoxy groups -OCH3 is 1. The summed E-state index contributed by atoms with van der Waals surface area (Å²) >= 11 is 0. The van der Waals surface area contributed by atoms with Crippen molar-refractivity contribution < 1.29 is 14.6 Å². The lowest BCUT2D eigenvalue weighted by molar-refractivity contribution is -0.123. The predicted octanol–water partition coefficient (Wildman–Crippen LogP) is 1.23. The minimum Gasteiger partial charge on any atom is -0.497 e. The number of benzene rings is 1. The molecule has 0 radical (unpaired) electrons. The van der Waals surface area contributed by atoms with Crippen molar-refractivity contribution in [2.24, 2.45) is 0 Å². The maximum absolute atomic E-state index is 12.1. The summed E-state index contributed by atoms with van der Waals surface area (Å²) in [5, 5.41) is 15.4. The molecule has 124 valence electrons. The van der Waals surface area contributed by atoms with Crippen molar-refractivity contribution in [3.63, 3.8) is 0 Å². The number of hydrogen-bond acceptors (Lipinski definition) is 4. The van der Waals surface area contributed by atoms with Gasteiger partial charge >= 0.3 is 0 Å². The van der Waals surface area contributed by atoms with E-state index in [1.165, 1.54) is 0 Å². The van der Waals surface area contributed by atoms with Crippen LogP contribution in [0.2, 0.25) is 0 Å². The summed E-state index contributed by atoms with van der Waals surface area (Å²) in [4.78, 5) is 12.1. The van der Waals surface area contributed by atoms with Crippen LogP contribution < -0.4 is 15.4 Å². The second-order valence-corrected chi connectivity index (χ2v) is 6.18. The Balaban J connectivity index is 0.00000242. The Morgan fingerprint density at radius 1 is 1.41 bits per heavy atom. The van der Waals surface area contributed by atoms with Crippen molar-refractivity contribution >= 4 is 18.3 Å². The Labute approximate surface area is 137 Å². The maximum atomic E-state index is 12.1. The van der Waals surface area contributed by atoms with Crippen molar-refractivity contribution in [3.05, 3.63) is 29.8 Å².